The Morgan fingerprint density at radius 3 is 2.57 bits per heavy atom. The van der Waals surface area contributed by atoms with Crippen LogP contribution in [-0.2, 0) is 11.2 Å². The number of nitrogens with zero attached hydrogens (tertiary/aromatic N) is 1. The fourth-order valence-electron chi connectivity index (χ4n) is 6.25. The van der Waals surface area contributed by atoms with Crippen molar-refractivity contribution < 1.29 is 9.47 Å². The lowest BCUT2D eigenvalue weighted by Crippen LogP contribution is -2.48. The molecule has 3 atom stereocenters. The van der Waals surface area contributed by atoms with Crippen molar-refractivity contribution in [2.24, 2.45) is 11.8 Å². The second-order valence-corrected chi connectivity index (χ2v) is 11.0. The number of rotatable bonds is 13. The van der Waals surface area contributed by atoms with Crippen LogP contribution in [0.5, 0.6) is 5.75 Å². The van der Waals surface area contributed by atoms with Crippen LogP contribution >= 0.6 is 0 Å². The van der Waals surface area contributed by atoms with Gasteiger partial charge < -0.3 is 25.0 Å². The molecule has 204 valence electrons. The Bertz CT molecular complexity index is 1050. The van der Waals surface area contributed by atoms with Gasteiger partial charge in [-0.25, -0.2) is 0 Å². The van der Waals surface area contributed by atoms with E-state index in [0.29, 0.717) is 23.2 Å². The van der Waals surface area contributed by atoms with Gasteiger partial charge in [0.05, 0.1) is 0 Å². The molecule has 2 N–H and O–H groups in total. The number of nitrogens with one attached hydrogen (secondary N) is 2. The lowest BCUT2D eigenvalue weighted by molar-refractivity contribution is -0.0548. The number of hydrogen-bond acceptors (Lipinski definition) is 7. The van der Waals surface area contributed by atoms with Gasteiger partial charge in [0.15, 0.2) is 6.29 Å². The third-order valence-corrected chi connectivity index (χ3v) is 8.15. The quantitative estimate of drug-likeness (QED) is 0.303. The molecule has 2 aliphatic rings. The second kappa shape index (κ2) is 13.4. The molecule has 7 heteroatoms. The van der Waals surface area contributed by atoms with E-state index in [1.165, 1.54) is 37.7 Å². The summed E-state index contributed by atoms with van der Waals surface area (Å²) in [5.74, 6) is 1.94. The Labute approximate surface area is 221 Å². The predicted octanol–water partition coefficient (Wildman–Crippen LogP) is 4.47. The molecule has 4 rings (SSSR count). The molecule has 1 heterocycles. The zero-order chi connectivity index (χ0) is 26.2. The molecule has 0 radical (unpaired) electrons. The highest BCUT2D eigenvalue weighted by Gasteiger charge is 2.31. The van der Waals surface area contributed by atoms with Crippen LogP contribution in [0.4, 0.5) is 11.4 Å². The van der Waals surface area contributed by atoms with Gasteiger partial charge in [-0.2, -0.15) is 0 Å². The molecule has 2 aromatic rings. The molecule has 2 aromatic carbocycles. The summed E-state index contributed by atoms with van der Waals surface area (Å²) in [5.41, 5.74) is 1.70. The molecule has 7 nitrogen and oxygen atoms in total. The van der Waals surface area contributed by atoms with Crippen LogP contribution in [0.1, 0.15) is 70.3 Å². The lowest BCUT2D eigenvalue weighted by Gasteiger charge is -2.36. The van der Waals surface area contributed by atoms with E-state index in [9.17, 15) is 9.59 Å². The number of ether oxygens (including phenoxy) is 2. The minimum atomic E-state index is -0.352. The second-order valence-electron chi connectivity index (χ2n) is 11.0. The third-order valence-electron chi connectivity index (χ3n) is 8.15. The molecular weight excluding hydrogens is 466 g/mol. The predicted molar refractivity (Wildman–Crippen MR) is 151 cm³/mol. The smallest absolute Gasteiger partial charge is 0.253 e. The number of piperidine rings is 1. The highest BCUT2D eigenvalue weighted by atomic mass is 16.7. The highest BCUT2D eigenvalue weighted by molar-refractivity contribution is 5.75. The lowest BCUT2D eigenvalue weighted by atomic mass is 9.84. The van der Waals surface area contributed by atoms with E-state index in [2.05, 4.69) is 27.7 Å². The summed E-state index contributed by atoms with van der Waals surface area (Å²) in [6.07, 6.45) is 11.1. The van der Waals surface area contributed by atoms with Gasteiger partial charge in [-0.05, 0) is 62.3 Å². The summed E-state index contributed by atoms with van der Waals surface area (Å²) in [6.45, 7) is 4.44. The highest BCUT2D eigenvalue weighted by Crippen LogP contribution is 2.31. The average molecular weight is 512 g/mol. The molecule has 1 aliphatic heterocycles. The topological polar surface area (TPSA) is 79.9 Å². The van der Waals surface area contributed by atoms with E-state index in [1.807, 2.05) is 26.1 Å². The summed E-state index contributed by atoms with van der Waals surface area (Å²) in [6, 6.07) is 8.39. The Morgan fingerprint density at radius 2 is 1.84 bits per heavy atom. The van der Waals surface area contributed by atoms with Crippen LogP contribution in [-0.4, -0.2) is 46.1 Å². The van der Waals surface area contributed by atoms with Crippen molar-refractivity contribution in [2.75, 3.05) is 44.0 Å². The first-order valence-corrected chi connectivity index (χ1v) is 14.3. The van der Waals surface area contributed by atoms with Crippen molar-refractivity contribution in [2.45, 2.75) is 83.5 Å². The molecule has 1 aliphatic carbocycles. The Balaban J connectivity index is 1.41. The summed E-state index contributed by atoms with van der Waals surface area (Å²) in [7, 11) is 3.61. The molecule has 0 amide bonds. The standard InChI is InChI=1S/C30H45N3O4/c1-4-26(36-3)37-25-14-8-12-22(18-25)16-23-13-9-15-33(20-23)28-27(29(34)30(28)35)32-24(19-31-2)17-21-10-6-5-7-11-21/h8,12,14,18,21,23-24,26,31-32H,4-7,9-11,13,15-17,19-20H2,1-3H3/t23-,24+,26-/m1/s1. The van der Waals surface area contributed by atoms with Crippen LogP contribution in [0.25, 0.3) is 0 Å². The largest absolute Gasteiger partial charge is 0.465 e. The number of anilines is 2. The van der Waals surface area contributed by atoms with Crippen molar-refractivity contribution >= 4 is 11.4 Å². The fourth-order valence-corrected chi connectivity index (χ4v) is 6.25. The van der Waals surface area contributed by atoms with E-state index in [0.717, 1.165) is 57.5 Å². The van der Waals surface area contributed by atoms with Gasteiger partial charge in [0.1, 0.15) is 17.1 Å². The van der Waals surface area contributed by atoms with Crippen molar-refractivity contribution in [1.29, 1.82) is 0 Å². The molecule has 0 aromatic heterocycles. The zero-order valence-electron chi connectivity index (χ0n) is 22.9. The maximum atomic E-state index is 12.7. The molecule has 1 saturated heterocycles. The fraction of sp³-hybridized carbons (Fsp3) is 0.667. The molecule has 0 unspecified atom stereocenters. The number of methoxy groups -OCH3 is 1. The van der Waals surface area contributed by atoms with Gasteiger partial charge in [0.25, 0.3) is 10.9 Å². The summed E-state index contributed by atoms with van der Waals surface area (Å²) >= 11 is 0. The summed E-state index contributed by atoms with van der Waals surface area (Å²) in [5, 5.41) is 6.78. The van der Waals surface area contributed by atoms with Gasteiger partial charge in [0, 0.05) is 39.2 Å². The minimum Gasteiger partial charge on any atom is -0.465 e. The zero-order valence-corrected chi connectivity index (χ0v) is 22.9. The van der Waals surface area contributed by atoms with E-state index >= 15 is 0 Å². The first-order chi connectivity index (χ1) is 18.0. The summed E-state index contributed by atoms with van der Waals surface area (Å²) < 4.78 is 11.3. The van der Waals surface area contributed by atoms with Crippen molar-refractivity contribution in [3.05, 3.63) is 50.3 Å². The molecule has 1 saturated carbocycles. The van der Waals surface area contributed by atoms with Gasteiger partial charge >= 0.3 is 0 Å². The number of benzene rings is 1. The SMILES string of the molecule is CC[C@H](OC)Oc1cccc(C[C@H]2CCCN(c3c(N[C@H](CNC)CC4CCCCC4)c(=O)c3=O)C2)c1. The van der Waals surface area contributed by atoms with Crippen LogP contribution in [0, 0.1) is 11.8 Å². The van der Waals surface area contributed by atoms with E-state index in [4.69, 9.17) is 9.47 Å². The van der Waals surface area contributed by atoms with Gasteiger partial charge in [-0.15, -0.1) is 0 Å². The van der Waals surface area contributed by atoms with Crippen molar-refractivity contribution in [3.63, 3.8) is 0 Å². The van der Waals surface area contributed by atoms with Gasteiger partial charge in [-0.3, -0.25) is 9.59 Å². The van der Waals surface area contributed by atoms with Gasteiger partial charge in [0.2, 0.25) is 0 Å². The molecule has 2 fully saturated rings. The van der Waals surface area contributed by atoms with Crippen molar-refractivity contribution in [1.82, 2.24) is 5.32 Å². The van der Waals surface area contributed by atoms with Crippen molar-refractivity contribution in [3.8, 4) is 5.75 Å². The monoisotopic (exact) mass is 511 g/mol. The maximum absolute atomic E-state index is 12.7. The first kappa shape index (κ1) is 27.6. The van der Waals surface area contributed by atoms with Crippen LogP contribution in [0.15, 0.2) is 33.9 Å². The van der Waals surface area contributed by atoms with Crippen LogP contribution in [0.2, 0.25) is 0 Å². The third kappa shape index (κ3) is 7.14. The van der Waals surface area contributed by atoms with Gasteiger partial charge in [-0.1, -0.05) is 51.2 Å². The normalized spacial score (nSPS) is 20.6. The molecule has 0 spiro atoms. The first-order valence-electron chi connectivity index (χ1n) is 14.3. The Kier molecular flexibility index (Phi) is 10.0. The molecular formula is C30H45N3O4. The van der Waals surface area contributed by atoms with Crippen LogP contribution in [0.3, 0.4) is 0 Å². The number of likely N-dealkylation sites (N-methyl/N-ethyl adjacent to an activating group) is 1. The summed E-state index contributed by atoms with van der Waals surface area (Å²) in [4.78, 5) is 27.6. The minimum absolute atomic E-state index is 0.164. The Hall–Kier alpha value is -2.38. The Morgan fingerprint density at radius 1 is 1.05 bits per heavy atom. The molecule has 37 heavy (non-hydrogen) atoms. The van der Waals surface area contributed by atoms with E-state index < -0.39 is 0 Å². The van der Waals surface area contributed by atoms with Crippen LogP contribution < -0.4 is 31.1 Å². The maximum Gasteiger partial charge on any atom is 0.253 e. The van der Waals surface area contributed by atoms with E-state index in [-0.39, 0.29) is 23.2 Å². The molecule has 0 bridgehead atoms. The average Bonchev–Trinajstić information content (AvgIpc) is 2.92. The van der Waals surface area contributed by atoms with E-state index in [1.54, 1.807) is 7.11 Å². The number of hydrogen-bond donors (Lipinski definition) is 2.